The van der Waals surface area contributed by atoms with E-state index in [0.29, 0.717) is 36.5 Å². The van der Waals surface area contributed by atoms with Gasteiger partial charge in [0, 0.05) is 55.3 Å². The lowest BCUT2D eigenvalue weighted by Gasteiger charge is -2.34. The summed E-state index contributed by atoms with van der Waals surface area (Å²) < 4.78 is 52.2. The van der Waals surface area contributed by atoms with E-state index in [0.717, 1.165) is 18.7 Å². The maximum absolute atomic E-state index is 14.0. The molecule has 2 aromatic heterocycles. The molecule has 3 heterocycles. The van der Waals surface area contributed by atoms with Crippen LogP contribution >= 0.6 is 0 Å². The van der Waals surface area contributed by atoms with Crippen molar-refractivity contribution in [1.82, 2.24) is 19.9 Å². The summed E-state index contributed by atoms with van der Waals surface area (Å²) in [6, 6.07) is 3.72. The van der Waals surface area contributed by atoms with Crippen LogP contribution in [-0.2, 0) is 11.0 Å². The van der Waals surface area contributed by atoms with Crippen molar-refractivity contribution in [3.8, 4) is 0 Å². The summed E-state index contributed by atoms with van der Waals surface area (Å²) in [4.78, 5) is 27.1. The molecular weight excluding hydrogens is 426 g/mol. The van der Waals surface area contributed by atoms with Crippen LogP contribution in [0.2, 0.25) is 0 Å². The number of pyridine rings is 1. The minimum Gasteiger partial charge on any atom is -0.366 e. The van der Waals surface area contributed by atoms with Gasteiger partial charge < -0.3 is 10.2 Å². The van der Waals surface area contributed by atoms with Gasteiger partial charge in [0.25, 0.3) is 5.91 Å². The summed E-state index contributed by atoms with van der Waals surface area (Å²) in [6.07, 6.45) is 2.68. The number of aromatic nitrogens is 3. The molecule has 6 nitrogen and oxygen atoms in total. The van der Waals surface area contributed by atoms with Crippen LogP contribution in [-0.4, -0.2) is 51.1 Å². The number of likely N-dealkylation sites (tertiary alicyclic amines) is 1. The van der Waals surface area contributed by atoms with Crippen molar-refractivity contribution < 1.29 is 22.4 Å². The maximum atomic E-state index is 14.0. The number of halogens is 4. The second-order valence-corrected chi connectivity index (χ2v) is 7.69. The van der Waals surface area contributed by atoms with E-state index in [9.17, 15) is 22.4 Å². The van der Waals surface area contributed by atoms with Crippen LogP contribution in [0.15, 0.2) is 54.5 Å². The first kappa shape index (κ1) is 21.9. The van der Waals surface area contributed by atoms with E-state index < -0.39 is 17.9 Å². The molecule has 2 aliphatic rings. The van der Waals surface area contributed by atoms with Crippen LogP contribution in [0.1, 0.15) is 30.7 Å². The highest BCUT2D eigenvalue weighted by molar-refractivity contribution is 6.08. The molecule has 0 radical (unpaired) electrons. The van der Waals surface area contributed by atoms with Gasteiger partial charge in [0.05, 0.1) is 5.56 Å². The molecule has 2 atom stereocenters. The Morgan fingerprint density at radius 3 is 2.62 bits per heavy atom. The first-order valence-electron chi connectivity index (χ1n) is 10.2. The van der Waals surface area contributed by atoms with Gasteiger partial charge in [-0.2, -0.15) is 13.2 Å². The number of anilines is 1. The highest BCUT2D eigenvalue weighted by atomic mass is 19.4. The number of nitrogens with one attached hydrogen (secondary N) is 1. The molecule has 0 spiro atoms. The number of piperidine rings is 1. The van der Waals surface area contributed by atoms with Gasteiger partial charge in [-0.15, -0.1) is 0 Å². The zero-order valence-corrected chi connectivity index (χ0v) is 17.0. The van der Waals surface area contributed by atoms with Crippen molar-refractivity contribution in [1.29, 1.82) is 0 Å². The van der Waals surface area contributed by atoms with E-state index in [1.165, 1.54) is 24.5 Å². The largest absolute Gasteiger partial charge is 0.417 e. The Morgan fingerprint density at radius 2 is 1.94 bits per heavy atom. The van der Waals surface area contributed by atoms with Gasteiger partial charge in [0.1, 0.15) is 12.0 Å². The first-order chi connectivity index (χ1) is 15.3. The molecule has 32 heavy (non-hydrogen) atoms. The van der Waals surface area contributed by atoms with Crippen molar-refractivity contribution in [2.75, 3.05) is 18.4 Å². The van der Waals surface area contributed by atoms with E-state index in [2.05, 4.69) is 20.3 Å². The fraction of sp³-hybridized carbons (Fsp3) is 0.364. The van der Waals surface area contributed by atoms with Crippen LogP contribution in [0.25, 0.3) is 5.57 Å². The van der Waals surface area contributed by atoms with Crippen LogP contribution in [0.3, 0.4) is 0 Å². The lowest BCUT2D eigenvalue weighted by molar-refractivity contribution is -0.137. The van der Waals surface area contributed by atoms with Crippen LogP contribution in [0, 0.1) is 0 Å². The van der Waals surface area contributed by atoms with Crippen LogP contribution in [0.4, 0.5) is 23.4 Å². The van der Waals surface area contributed by atoms with Crippen molar-refractivity contribution in [2.24, 2.45) is 0 Å². The quantitative estimate of drug-likeness (QED) is 0.717. The summed E-state index contributed by atoms with van der Waals surface area (Å²) in [7, 11) is 0. The molecule has 1 aliphatic heterocycles. The predicted molar refractivity (Wildman–Crippen MR) is 110 cm³/mol. The van der Waals surface area contributed by atoms with Crippen molar-refractivity contribution in [3.63, 3.8) is 0 Å². The molecule has 1 aliphatic carbocycles. The SMILES string of the molecule is O=C(C1=CCC(F)C=C1c1ncccn1)N1CCCC(Nc2ccc(C(F)(F)F)cn2)C1. The van der Waals surface area contributed by atoms with Gasteiger partial charge >= 0.3 is 6.18 Å². The third-order valence-electron chi connectivity index (χ3n) is 5.37. The molecule has 10 heteroatoms. The van der Waals surface area contributed by atoms with Crippen molar-refractivity contribution >= 4 is 17.3 Å². The smallest absolute Gasteiger partial charge is 0.366 e. The normalized spacial score (nSPS) is 21.6. The fourth-order valence-electron chi connectivity index (χ4n) is 3.82. The molecular formula is C22H21F4N5O. The third kappa shape index (κ3) is 4.95. The Bertz CT molecular complexity index is 1020. The average molecular weight is 447 g/mol. The number of allylic oxidation sites excluding steroid dienone is 2. The summed E-state index contributed by atoms with van der Waals surface area (Å²) in [6.45, 7) is 0.873. The molecule has 1 saturated heterocycles. The average Bonchev–Trinajstić information content (AvgIpc) is 2.79. The van der Waals surface area contributed by atoms with Gasteiger partial charge in [-0.25, -0.2) is 19.3 Å². The minimum absolute atomic E-state index is 0.0996. The van der Waals surface area contributed by atoms with Crippen molar-refractivity contribution in [3.05, 3.63) is 65.9 Å². The first-order valence-corrected chi connectivity index (χ1v) is 10.2. The summed E-state index contributed by atoms with van der Waals surface area (Å²) in [5.74, 6) is 0.352. The number of alkyl halides is 4. The monoisotopic (exact) mass is 447 g/mol. The number of carbonyl (C=O) groups excluding carboxylic acids is 1. The Hall–Kier alpha value is -3.30. The molecule has 4 rings (SSSR count). The molecule has 1 fully saturated rings. The predicted octanol–water partition coefficient (Wildman–Crippen LogP) is 4.05. The van der Waals surface area contributed by atoms with E-state index >= 15 is 0 Å². The molecule has 0 saturated carbocycles. The van der Waals surface area contributed by atoms with Gasteiger partial charge in [0.15, 0.2) is 5.82 Å². The minimum atomic E-state index is -4.44. The Kier molecular flexibility index (Phi) is 6.20. The lowest BCUT2D eigenvalue weighted by atomic mass is 9.94. The number of carbonyl (C=O) groups is 1. The second-order valence-electron chi connectivity index (χ2n) is 7.69. The zero-order chi connectivity index (χ0) is 22.7. The van der Waals surface area contributed by atoms with E-state index in [1.807, 2.05) is 0 Å². The van der Waals surface area contributed by atoms with Gasteiger partial charge in [0.2, 0.25) is 0 Å². The molecule has 168 valence electrons. The molecule has 1 amide bonds. The van der Waals surface area contributed by atoms with E-state index in [1.54, 1.807) is 17.0 Å². The topological polar surface area (TPSA) is 71.0 Å². The fourth-order valence-corrected chi connectivity index (χ4v) is 3.82. The Morgan fingerprint density at radius 1 is 1.16 bits per heavy atom. The third-order valence-corrected chi connectivity index (χ3v) is 5.37. The van der Waals surface area contributed by atoms with Gasteiger partial charge in [-0.05, 0) is 37.1 Å². The molecule has 0 bridgehead atoms. The molecule has 1 N–H and O–H groups in total. The summed E-state index contributed by atoms with van der Waals surface area (Å²) >= 11 is 0. The van der Waals surface area contributed by atoms with E-state index in [4.69, 9.17) is 0 Å². The zero-order valence-electron chi connectivity index (χ0n) is 17.0. The van der Waals surface area contributed by atoms with Crippen LogP contribution in [0.5, 0.6) is 0 Å². The van der Waals surface area contributed by atoms with Crippen LogP contribution < -0.4 is 5.32 Å². The maximum Gasteiger partial charge on any atom is 0.417 e. The number of nitrogens with zero attached hydrogens (tertiary/aromatic N) is 4. The molecule has 2 aromatic rings. The number of hydrogen-bond acceptors (Lipinski definition) is 5. The lowest BCUT2D eigenvalue weighted by Crippen LogP contribution is -2.46. The Labute approximate surface area is 182 Å². The number of hydrogen-bond donors (Lipinski definition) is 1. The molecule has 0 aromatic carbocycles. The molecule has 2 unspecified atom stereocenters. The highest BCUT2D eigenvalue weighted by Crippen LogP contribution is 2.31. The summed E-state index contributed by atoms with van der Waals surface area (Å²) in [5.41, 5.74) is -0.0893. The number of amides is 1. The van der Waals surface area contributed by atoms with Gasteiger partial charge in [-0.1, -0.05) is 6.08 Å². The van der Waals surface area contributed by atoms with Gasteiger partial charge in [-0.3, -0.25) is 4.79 Å². The van der Waals surface area contributed by atoms with Crippen molar-refractivity contribution in [2.45, 2.75) is 37.7 Å². The highest BCUT2D eigenvalue weighted by Gasteiger charge is 2.32. The standard InChI is InChI=1S/C22H21F4N5O/c23-15-5-6-17(18(11-15)20-27-8-2-9-28-20)21(32)31-10-1-3-16(13-31)30-19-7-4-14(12-29-19)22(24,25)26/h2,4,6-9,11-12,15-16H,1,3,5,10,13H2,(H,29,30). The number of rotatable bonds is 4. The van der Waals surface area contributed by atoms with E-state index in [-0.39, 0.29) is 24.2 Å². The second kappa shape index (κ2) is 9.05. The summed E-state index contributed by atoms with van der Waals surface area (Å²) in [5, 5.41) is 3.11. The Balaban J connectivity index is 1.46.